The van der Waals surface area contributed by atoms with E-state index in [9.17, 15) is 4.39 Å². The number of nitrogens with zero attached hydrogens (tertiary/aromatic N) is 1. The average molecular weight is 279 g/mol. The number of rotatable bonds is 4. The standard InChI is InChI=1S/C15H16ClFN2/c1-19(2)15-6-4-3-5-14(15)18-10-11-9-12(17)7-8-13(11)16/h3-9,18H,10H2,1-2H3. The first-order valence-corrected chi connectivity index (χ1v) is 6.40. The van der Waals surface area contributed by atoms with Gasteiger partial charge < -0.3 is 10.2 Å². The van der Waals surface area contributed by atoms with E-state index >= 15 is 0 Å². The molecule has 2 rings (SSSR count). The Kier molecular flexibility index (Phi) is 4.27. The Balaban J connectivity index is 2.17. The summed E-state index contributed by atoms with van der Waals surface area (Å²) in [4.78, 5) is 2.02. The molecule has 2 aromatic rings. The molecule has 0 amide bonds. The largest absolute Gasteiger partial charge is 0.379 e. The summed E-state index contributed by atoms with van der Waals surface area (Å²) in [6, 6.07) is 12.3. The molecule has 0 aliphatic heterocycles. The molecule has 100 valence electrons. The van der Waals surface area contributed by atoms with E-state index in [1.807, 2.05) is 43.3 Å². The fourth-order valence-corrected chi connectivity index (χ4v) is 2.07. The summed E-state index contributed by atoms with van der Waals surface area (Å²) in [5.74, 6) is -0.276. The van der Waals surface area contributed by atoms with Gasteiger partial charge in [-0.2, -0.15) is 0 Å². The summed E-state index contributed by atoms with van der Waals surface area (Å²) in [6.45, 7) is 0.488. The van der Waals surface area contributed by atoms with Gasteiger partial charge in [0.05, 0.1) is 11.4 Å². The zero-order valence-corrected chi connectivity index (χ0v) is 11.7. The van der Waals surface area contributed by atoms with E-state index in [4.69, 9.17) is 11.6 Å². The second kappa shape index (κ2) is 5.93. The summed E-state index contributed by atoms with van der Waals surface area (Å²) in [7, 11) is 3.96. The molecular weight excluding hydrogens is 263 g/mol. The smallest absolute Gasteiger partial charge is 0.123 e. The topological polar surface area (TPSA) is 15.3 Å². The molecule has 0 fully saturated rings. The van der Waals surface area contributed by atoms with Gasteiger partial charge in [0.15, 0.2) is 0 Å². The quantitative estimate of drug-likeness (QED) is 0.903. The minimum Gasteiger partial charge on any atom is -0.379 e. The molecule has 0 heterocycles. The van der Waals surface area contributed by atoms with E-state index in [1.54, 1.807) is 6.07 Å². The fraction of sp³-hybridized carbons (Fsp3) is 0.200. The first-order chi connectivity index (χ1) is 9.08. The van der Waals surface area contributed by atoms with E-state index in [0.29, 0.717) is 11.6 Å². The molecule has 0 aromatic heterocycles. The van der Waals surface area contributed by atoms with E-state index in [1.165, 1.54) is 12.1 Å². The first-order valence-electron chi connectivity index (χ1n) is 6.02. The van der Waals surface area contributed by atoms with Crippen molar-refractivity contribution < 1.29 is 4.39 Å². The van der Waals surface area contributed by atoms with Gasteiger partial charge in [0.2, 0.25) is 0 Å². The monoisotopic (exact) mass is 278 g/mol. The minimum absolute atomic E-state index is 0.276. The van der Waals surface area contributed by atoms with Crippen molar-refractivity contribution in [1.82, 2.24) is 0 Å². The van der Waals surface area contributed by atoms with Crippen LogP contribution in [0, 0.1) is 5.82 Å². The molecule has 2 aromatic carbocycles. The van der Waals surface area contributed by atoms with Crippen molar-refractivity contribution in [3.05, 3.63) is 58.9 Å². The Morgan fingerprint density at radius 2 is 1.89 bits per heavy atom. The van der Waals surface area contributed by atoms with Crippen LogP contribution in [0.4, 0.5) is 15.8 Å². The Morgan fingerprint density at radius 1 is 1.16 bits per heavy atom. The summed E-state index contributed by atoms with van der Waals surface area (Å²) in [5.41, 5.74) is 2.82. The van der Waals surface area contributed by atoms with Crippen molar-refractivity contribution in [2.75, 3.05) is 24.3 Å². The third kappa shape index (κ3) is 3.38. The van der Waals surface area contributed by atoms with E-state index in [2.05, 4.69) is 5.32 Å². The maximum atomic E-state index is 13.2. The molecule has 0 saturated carbocycles. The van der Waals surface area contributed by atoms with Gasteiger partial charge in [0, 0.05) is 25.7 Å². The predicted molar refractivity (Wildman–Crippen MR) is 79.5 cm³/mol. The number of benzene rings is 2. The molecule has 4 heteroatoms. The first kappa shape index (κ1) is 13.7. The third-order valence-corrected chi connectivity index (χ3v) is 3.23. The highest BCUT2D eigenvalue weighted by Crippen LogP contribution is 2.25. The molecule has 0 aliphatic rings. The Bertz CT molecular complexity index is 570. The van der Waals surface area contributed by atoms with Crippen LogP contribution in [0.3, 0.4) is 0 Å². The predicted octanol–water partition coefficient (Wildman–Crippen LogP) is 4.16. The van der Waals surface area contributed by atoms with Crippen molar-refractivity contribution in [2.24, 2.45) is 0 Å². The Hall–Kier alpha value is -1.74. The van der Waals surface area contributed by atoms with Crippen LogP contribution >= 0.6 is 11.6 Å². The zero-order chi connectivity index (χ0) is 13.8. The highest BCUT2D eigenvalue weighted by molar-refractivity contribution is 6.31. The number of para-hydroxylation sites is 2. The SMILES string of the molecule is CN(C)c1ccccc1NCc1cc(F)ccc1Cl. The van der Waals surface area contributed by atoms with Crippen molar-refractivity contribution in [2.45, 2.75) is 6.54 Å². The van der Waals surface area contributed by atoms with E-state index in [0.717, 1.165) is 16.9 Å². The lowest BCUT2D eigenvalue weighted by atomic mass is 10.2. The van der Waals surface area contributed by atoms with Crippen LogP contribution < -0.4 is 10.2 Å². The van der Waals surface area contributed by atoms with Crippen LogP contribution in [0.5, 0.6) is 0 Å². The van der Waals surface area contributed by atoms with Gasteiger partial charge in [0.1, 0.15) is 5.82 Å². The van der Waals surface area contributed by atoms with Crippen LogP contribution in [0.2, 0.25) is 5.02 Å². The van der Waals surface area contributed by atoms with Gasteiger partial charge in [-0.3, -0.25) is 0 Å². The number of halogens is 2. The maximum absolute atomic E-state index is 13.2. The van der Waals surface area contributed by atoms with Gasteiger partial charge in [-0.15, -0.1) is 0 Å². The molecule has 0 atom stereocenters. The van der Waals surface area contributed by atoms with Gasteiger partial charge >= 0.3 is 0 Å². The van der Waals surface area contributed by atoms with Crippen LogP contribution in [-0.4, -0.2) is 14.1 Å². The van der Waals surface area contributed by atoms with Crippen molar-refractivity contribution in [3.63, 3.8) is 0 Å². The number of hydrogen-bond acceptors (Lipinski definition) is 2. The number of anilines is 2. The van der Waals surface area contributed by atoms with Crippen LogP contribution in [0.1, 0.15) is 5.56 Å². The lowest BCUT2D eigenvalue weighted by Gasteiger charge is -2.18. The summed E-state index contributed by atoms with van der Waals surface area (Å²) >= 11 is 6.05. The van der Waals surface area contributed by atoms with Crippen molar-refractivity contribution in [1.29, 1.82) is 0 Å². The van der Waals surface area contributed by atoms with Gasteiger partial charge in [0.25, 0.3) is 0 Å². The molecule has 0 saturated heterocycles. The molecule has 0 bridgehead atoms. The molecule has 0 radical (unpaired) electrons. The lowest BCUT2D eigenvalue weighted by molar-refractivity contribution is 0.626. The van der Waals surface area contributed by atoms with Crippen LogP contribution in [0.25, 0.3) is 0 Å². The number of nitrogens with one attached hydrogen (secondary N) is 1. The zero-order valence-electron chi connectivity index (χ0n) is 11.0. The fourth-order valence-electron chi connectivity index (χ4n) is 1.88. The summed E-state index contributed by atoms with van der Waals surface area (Å²) in [6.07, 6.45) is 0. The van der Waals surface area contributed by atoms with Crippen molar-refractivity contribution >= 4 is 23.0 Å². The second-order valence-corrected chi connectivity index (χ2v) is 4.91. The van der Waals surface area contributed by atoms with Crippen molar-refractivity contribution in [3.8, 4) is 0 Å². The van der Waals surface area contributed by atoms with Gasteiger partial charge in [-0.1, -0.05) is 23.7 Å². The highest BCUT2D eigenvalue weighted by Gasteiger charge is 2.05. The maximum Gasteiger partial charge on any atom is 0.123 e. The second-order valence-electron chi connectivity index (χ2n) is 4.50. The Labute approximate surface area is 117 Å². The molecule has 0 spiro atoms. The normalized spacial score (nSPS) is 10.3. The Morgan fingerprint density at radius 3 is 2.63 bits per heavy atom. The molecule has 0 aliphatic carbocycles. The molecule has 2 nitrogen and oxygen atoms in total. The summed E-state index contributed by atoms with van der Waals surface area (Å²) in [5, 5.41) is 3.85. The van der Waals surface area contributed by atoms with Gasteiger partial charge in [-0.05, 0) is 35.9 Å². The van der Waals surface area contributed by atoms with Crippen LogP contribution in [0.15, 0.2) is 42.5 Å². The molecule has 19 heavy (non-hydrogen) atoms. The van der Waals surface area contributed by atoms with Gasteiger partial charge in [-0.25, -0.2) is 4.39 Å². The number of hydrogen-bond donors (Lipinski definition) is 1. The third-order valence-electron chi connectivity index (χ3n) is 2.86. The van der Waals surface area contributed by atoms with E-state index < -0.39 is 0 Å². The van der Waals surface area contributed by atoms with E-state index in [-0.39, 0.29) is 5.82 Å². The summed E-state index contributed by atoms with van der Waals surface area (Å²) < 4.78 is 13.2. The average Bonchev–Trinajstić information content (AvgIpc) is 2.40. The van der Waals surface area contributed by atoms with Crippen LogP contribution in [-0.2, 0) is 6.54 Å². The lowest BCUT2D eigenvalue weighted by Crippen LogP contribution is -2.12. The molecular formula is C15H16ClFN2. The molecule has 1 N–H and O–H groups in total. The minimum atomic E-state index is -0.276. The highest BCUT2D eigenvalue weighted by atomic mass is 35.5. The molecule has 0 unspecified atom stereocenters.